The van der Waals surface area contributed by atoms with Gasteiger partial charge in [0.15, 0.2) is 0 Å². The fourth-order valence-corrected chi connectivity index (χ4v) is 2.06. The van der Waals surface area contributed by atoms with E-state index in [0.29, 0.717) is 12.5 Å². The molecule has 112 valence electrons. The summed E-state index contributed by atoms with van der Waals surface area (Å²) in [5.41, 5.74) is 2.66. The normalized spacial score (nSPS) is 10.2. The molecule has 0 unspecified atom stereocenters. The quantitative estimate of drug-likeness (QED) is 0.832. The van der Waals surface area contributed by atoms with Gasteiger partial charge in [-0.15, -0.1) is 0 Å². The fraction of sp³-hybridized carbons (Fsp3) is 0.316. The Kier molecular flexibility index (Phi) is 7.41. The Labute approximate surface area is 128 Å². The number of carbonyl (C=O) groups is 1. The van der Waals surface area contributed by atoms with Crippen LogP contribution in [0.25, 0.3) is 0 Å². The summed E-state index contributed by atoms with van der Waals surface area (Å²) >= 11 is 0. The molecular weight excluding hydrogens is 258 g/mol. The van der Waals surface area contributed by atoms with Crippen molar-refractivity contribution in [2.75, 3.05) is 14.1 Å². The maximum Gasteiger partial charge on any atom is 0.129 e. The lowest BCUT2D eigenvalue weighted by atomic mass is 9.98. The molecule has 2 aromatic carbocycles. The molecule has 0 spiro atoms. The first-order chi connectivity index (χ1) is 10.1. The smallest absolute Gasteiger partial charge is 0.129 e. The van der Waals surface area contributed by atoms with Crippen LogP contribution in [-0.2, 0) is 4.79 Å². The predicted molar refractivity (Wildman–Crippen MR) is 89.4 cm³/mol. The minimum Gasteiger partial charge on any atom is -0.300 e. The van der Waals surface area contributed by atoms with Gasteiger partial charge in [-0.2, -0.15) is 0 Å². The highest BCUT2D eigenvalue weighted by Crippen LogP contribution is 2.25. The summed E-state index contributed by atoms with van der Waals surface area (Å²) in [6.07, 6.45) is 0.667. The summed E-state index contributed by atoms with van der Waals surface area (Å²) in [5.74, 6) is 0.255. The third kappa shape index (κ3) is 5.92. The predicted octanol–water partition coefficient (Wildman–Crippen LogP) is 4.32. The van der Waals surface area contributed by atoms with Crippen molar-refractivity contribution < 1.29 is 4.79 Å². The molecule has 0 bridgehead atoms. The maximum absolute atomic E-state index is 9.81. The van der Waals surface area contributed by atoms with Crippen molar-refractivity contribution in [2.24, 2.45) is 0 Å². The second-order valence-electron chi connectivity index (χ2n) is 5.24. The Morgan fingerprint density at radius 1 is 0.905 bits per heavy atom. The number of hydrogen-bond acceptors (Lipinski definition) is 2. The lowest BCUT2D eigenvalue weighted by Crippen LogP contribution is -2.20. The minimum atomic E-state index is 0.255. The van der Waals surface area contributed by atoms with E-state index in [0.717, 1.165) is 0 Å². The van der Waals surface area contributed by atoms with Gasteiger partial charge >= 0.3 is 0 Å². The Morgan fingerprint density at radius 3 is 1.48 bits per heavy atom. The molecule has 0 N–H and O–H groups in total. The molecule has 0 aliphatic heterocycles. The van der Waals surface area contributed by atoms with Crippen LogP contribution in [0.3, 0.4) is 0 Å². The standard InChI is InChI=1S/C15H17N.C4H8O/c1-16(2)15(13-9-5-3-6-10-13)14-11-7-4-8-12-14;1-3-4(2)5/h3-12,15H,1-2H3;3H2,1-2H3. The van der Waals surface area contributed by atoms with E-state index in [2.05, 4.69) is 79.7 Å². The summed E-state index contributed by atoms with van der Waals surface area (Å²) in [6, 6.07) is 21.5. The molecule has 2 heteroatoms. The Hall–Kier alpha value is -1.93. The van der Waals surface area contributed by atoms with Crippen LogP contribution in [0.1, 0.15) is 37.4 Å². The SMILES string of the molecule is CCC(C)=O.CN(C)C(c1ccccc1)c1ccccc1. The van der Waals surface area contributed by atoms with Gasteiger partial charge < -0.3 is 4.79 Å². The summed E-state index contributed by atoms with van der Waals surface area (Å²) in [7, 11) is 4.23. The molecule has 2 nitrogen and oxygen atoms in total. The van der Waals surface area contributed by atoms with E-state index in [1.807, 2.05) is 6.92 Å². The van der Waals surface area contributed by atoms with E-state index in [9.17, 15) is 4.79 Å². The first-order valence-corrected chi connectivity index (χ1v) is 7.32. The van der Waals surface area contributed by atoms with E-state index < -0.39 is 0 Å². The number of hydrogen-bond donors (Lipinski definition) is 0. The van der Waals surface area contributed by atoms with Crippen molar-refractivity contribution in [3.8, 4) is 0 Å². The van der Waals surface area contributed by atoms with Gasteiger partial charge in [-0.05, 0) is 32.1 Å². The number of Topliss-reactive ketones (excluding diaryl/α,β-unsaturated/α-hetero) is 1. The number of carbonyl (C=O) groups excluding carboxylic acids is 1. The summed E-state index contributed by atoms with van der Waals surface area (Å²) in [4.78, 5) is 12.1. The fourth-order valence-electron chi connectivity index (χ4n) is 2.06. The van der Waals surface area contributed by atoms with Crippen LogP contribution < -0.4 is 0 Å². The largest absolute Gasteiger partial charge is 0.300 e. The molecule has 0 aromatic heterocycles. The van der Waals surface area contributed by atoms with Crippen LogP contribution in [-0.4, -0.2) is 24.8 Å². The van der Waals surface area contributed by atoms with Crippen molar-refractivity contribution in [1.82, 2.24) is 4.90 Å². The molecule has 0 atom stereocenters. The van der Waals surface area contributed by atoms with Crippen molar-refractivity contribution in [2.45, 2.75) is 26.3 Å². The average Bonchev–Trinajstić information content (AvgIpc) is 2.50. The van der Waals surface area contributed by atoms with Crippen LogP contribution in [0.5, 0.6) is 0 Å². The summed E-state index contributed by atoms with van der Waals surface area (Å²) < 4.78 is 0. The van der Waals surface area contributed by atoms with Gasteiger partial charge in [0.05, 0.1) is 6.04 Å². The Balaban J connectivity index is 0.000000383. The van der Waals surface area contributed by atoms with Crippen LogP contribution in [0.4, 0.5) is 0 Å². The van der Waals surface area contributed by atoms with E-state index in [4.69, 9.17) is 0 Å². The highest BCUT2D eigenvalue weighted by atomic mass is 16.1. The second-order valence-corrected chi connectivity index (χ2v) is 5.24. The molecular formula is C19H25NO. The molecule has 0 aliphatic carbocycles. The van der Waals surface area contributed by atoms with Crippen LogP contribution in [0.2, 0.25) is 0 Å². The number of nitrogens with zero attached hydrogens (tertiary/aromatic N) is 1. The third-order valence-corrected chi connectivity index (χ3v) is 3.24. The molecule has 0 amide bonds. The second kappa shape index (κ2) is 9.09. The van der Waals surface area contributed by atoms with Crippen LogP contribution >= 0.6 is 0 Å². The van der Waals surface area contributed by atoms with Gasteiger partial charge in [0.25, 0.3) is 0 Å². The van der Waals surface area contributed by atoms with E-state index in [1.165, 1.54) is 11.1 Å². The van der Waals surface area contributed by atoms with Crippen LogP contribution in [0.15, 0.2) is 60.7 Å². The van der Waals surface area contributed by atoms with Crippen LogP contribution in [0, 0.1) is 0 Å². The van der Waals surface area contributed by atoms with Crippen molar-refractivity contribution >= 4 is 5.78 Å². The molecule has 0 fully saturated rings. The van der Waals surface area contributed by atoms with Crippen molar-refractivity contribution in [1.29, 1.82) is 0 Å². The lowest BCUT2D eigenvalue weighted by molar-refractivity contribution is -0.116. The van der Waals surface area contributed by atoms with Crippen molar-refractivity contribution in [3.63, 3.8) is 0 Å². The lowest BCUT2D eigenvalue weighted by Gasteiger charge is -2.25. The molecule has 0 heterocycles. The van der Waals surface area contributed by atoms with Crippen molar-refractivity contribution in [3.05, 3.63) is 71.8 Å². The monoisotopic (exact) mass is 283 g/mol. The van der Waals surface area contributed by atoms with Gasteiger partial charge in [-0.25, -0.2) is 0 Å². The zero-order valence-corrected chi connectivity index (χ0v) is 13.4. The topological polar surface area (TPSA) is 20.3 Å². The highest BCUT2D eigenvalue weighted by molar-refractivity contribution is 5.74. The van der Waals surface area contributed by atoms with Gasteiger partial charge in [-0.1, -0.05) is 67.6 Å². The zero-order valence-electron chi connectivity index (χ0n) is 13.4. The zero-order chi connectivity index (χ0) is 15.7. The molecule has 0 aliphatic rings. The van der Waals surface area contributed by atoms with Gasteiger partial charge in [0.1, 0.15) is 5.78 Å². The molecule has 21 heavy (non-hydrogen) atoms. The molecule has 2 rings (SSSR count). The van der Waals surface area contributed by atoms with E-state index in [-0.39, 0.29) is 5.78 Å². The Morgan fingerprint density at radius 2 is 1.24 bits per heavy atom. The van der Waals surface area contributed by atoms with Gasteiger partial charge in [-0.3, -0.25) is 4.90 Å². The number of benzene rings is 2. The average molecular weight is 283 g/mol. The Bertz CT molecular complexity index is 480. The van der Waals surface area contributed by atoms with E-state index in [1.54, 1.807) is 6.92 Å². The van der Waals surface area contributed by atoms with Gasteiger partial charge in [0.2, 0.25) is 0 Å². The highest BCUT2D eigenvalue weighted by Gasteiger charge is 2.15. The molecule has 2 aromatic rings. The minimum absolute atomic E-state index is 0.255. The molecule has 0 radical (unpaired) electrons. The van der Waals surface area contributed by atoms with Gasteiger partial charge in [0, 0.05) is 6.42 Å². The number of rotatable bonds is 4. The van der Waals surface area contributed by atoms with E-state index >= 15 is 0 Å². The summed E-state index contributed by atoms with van der Waals surface area (Å²) in [5, 5.41) is 0. The summed E-state index contributed by atoms with van der Waals surface area (Å²) in [6.45, 7) is 3.43. The molecule has 0 saturated heterocycles. The third-order valence-electron chi connectivity index (χ3n) is 3.24. The first-order valence-electron chi connectivity index (χ1n) is 7.32. The first kappa shape index (κ1) is 17.1. The number of ketones is 1. The maximum atomic E-state index is 9.81. The molecule has 0 saturated carbocycles.